The molecule has 2 N–H and O–H groups in total. The average molecular weight is 354 g/mol. The summed E-state index contributed by atoms with van der Waals surface area (Å²) in [6.07, 6.45) is 0. The molecule has 0 spiro atoms. The fraction of sp³-hybridized carbons (Fsp3) is 0.0714. The van der Waals surface area contributed by atoms with Crippen LogP contribution in [0.3, 0.4) is 0 Å². The number of ketones is 1. The van der Waals surface area contributed by atoms with Crippen molar-refractivity contribution in [3.05, 3.63) is 58.6 Å². The number of rotatable bonds is 4. The van der Waals surface area contributed by atoms with E-state index in [-0.39, 0.29) is 4.90 Å². The maximum absolute atomic E-state index is 12.1. The van der Waals surface area contributed by atoms with Crippen molar-refractivity contribution in [2.24, 2.45) is 0 Å². The SMILES string of the molecule is Nc1ccc(S(=O)(=O)CC(=O)c2ccc(Br)cc2)cc1. The number of sulfone groups is 1. The van der Waals surface area contributed by atoms with Crippen LogP contribution in [-0.2, 0) is 9.84 Å². The summed E-state index contributed by atoms with van der Waals surface area (Å²) in [5, 5.41) is 0. The highest BCUT2D eigenvalue weighted by molar-refractivity contribution is 9.10. The highest BCUT2D eigenvalue weighted by Gasteiger charge is 2.20. The topological polar surface area (TPSA) is 77.2 Å². The third kappa shape index (κ3) is 3.46. The molecule has 0 aliphatic carbocycles. The molecule has 0 saturated heterocycles. The first-order valence-electron chi connectivity index (χ1n) is 5.75. The lowest BCUT2D eigenvalue weighted by Crippen LogP contribution is -2.16. The molecule has 104 valence electrons. The maximum Gasteiger partial charge on any atom is 0.185 e. The number of carbonyl (C=O) groups excluding carboxylic acids is 1. The van der Waals surface area contributed by atoms with Gasteiger partial charge in [-0.3, -0.25) is 4.79 Å². The van der Waals surface area contributed by atoms with Gasteiger partial charge in [-0.05, 0) is 36.4 Å². The molecule has 0 saturated carbocycles. The molecule has 0 aromatic heterocycles. The van der Waals surface area contributed by atoms with Gasteiger partial charge in [-0.15, -0.1) is 0 Å². The molecule has 0 aliphatic rings. The number of halogens is 1. The van der Waals surface area contributed by atoms with Gasteiger partial charge >= 0.3 is 0 Å². The van der Waals surface area contributed by atoms with Crippen molar-refractivity contribution in [1.29, 1.82) is 0 Å². The van der Waals surface area contributed by atoms with E-state index in [2.05, 4.69) is 15.9 Å². The summed E-state index contributed by atoms with van der Waals surface area (Å²) in [5.41, 5.74) is 6.35. The van der Waals surface area contributed by atoms with E-state index in [0.29, 0.717) is 11.3 Å². The van der Waals surface area contributed by atoms with E-state index < -0.39 is 21.4 Å². The van der Waals surface area contributed by atoms with Crippen molar-refractivity contribution in [3.8, 4) is 0 Å². The normalized spacial score (nSPS) is 11.2. The van der Waals surface area contributed by atoms with Crippen LogP contribution in [0.4, 0.5) is 5.69 Å². The quantitative estimate of drug-likeness (QED) is 0.677. The van der Waals surface area contributed by atoms with E-state index in [0.717, 1.165) is 4.47 Å². The number of Topliss-reactive ketones (excluding diaryl/α,β-unsaturated/α-hetero) is 1. The molecule has 2 aromatic rings. The Balaban J connectivity index is 2.22. The van der Waals surface area contributed by atoms with Gasteiger partial charge < -0.3 is 5.73 Å². The van der Waals surface area contributed by atoms with Crippen LogP contribution in [0.15, 0.2) is 57.9 Å². The number of carbonyl (C=O) groups is 1. The van der Waals surface area contributed by atoms with Crippen LogP contribution in [0.2, 0.25) is 0 Å². The predicted octanol–water partition coefficient (Wildman–Crippen LogP) is 2.69. The smallest absolute Gasteiger partial charge is 0.185 e. The summed E-state index contributed by atoms with van der Waals surface area (Å²) in [4.78, 5) is 12.1. The van der Waals surface area contributed by atoms with Gasteiger partial charge in [0.25, 0.3) is 0 Å². The third-order valence-corrected chi connectivity index (χ3v) is 4.89. The molecule has 0 amide bonds. The standard InChI is InChI=1S/C14H12BrNO3S/c15-11-3-1-10(2-4-11)14(17)9-20(18,19)13-7-5-12(16)6-8-13/h1-8H,9,16H2. The Bertz CT molecular complexity index is 722. The first kappa shape index (κ1) is 14.7. The van der Waals surface area contributed by atoms with Crippen molar-refractivity contribution in [3.63, 3.8) is 0 Å². The summed E-state index contributed by atoms with van der Waals surface area (Å²) in [7, 11) is -3.65. The van der Waals surface area contributed by atoms with Gasteiger partial charge in [0.15, 0.2) is 15.6 Å². The summed E-state index contributed by atoms with van der Waals surface area (Å²) in [6, 6.07) is 12.4. The maximum atomic E-state index is 12.1. The minimum absolute atomic E-state index is 0.0946. The second-order valence-electron chi connectivity index (χ2n) is 4.26. The van der Waals surface area contributed by atoms with E-state index in [9.17, 15) is 13.2 Å². The molecule has 0 heterocycles. The number of hydrogen-bond donors (Lipinski definition) is 1. The van der Waals surface area contributed by atoms with Gasteiger partial charge in [-0.2, -0.15) is 0 Å². The highest BCUT2D eigenvalue weighted by atomic mass is 79.9. The zero-order valence-electron chi connectivity index (χ0n) is 10.4. The molecule has 2 aromatic carbocycles. The minimum Gasteiger partial charge on any atom is -0.399 e. The number of benzene rings is 2. The molecule has 20 heavy (non-hydrogen) atoms. The van der Waals surface area contributed by atoms with E-state index in [1.807, 2.05) is 0 Å². The molecule has 2 rings (SSSR count). The first-order valence-corrected chi connectivity index (χ1v) is 8.20. The first-order chi connectivity index (χ1) is 9.38. The number of hydrogen-bond acceptors (Lipinski definition) is 4. The van der Waals surface area contributed by atoms with E-state index in [4.69, 9.17) is 5.73 Å². The molecule has 0 fully saturated rings. The molecule has 0 bridgehead atoms. The third-order valence-electron chi connectivity index (χ3n) is 2.73. The molecule has 0 unspecified atom stereocenters. The summed E-state index contributed by atoms with van der Waals surface area (Å²) >= 11 is 3.26. The Labute approximate surface area is 125 Å². The fourth-order valence-corrected chi connectivity index (χ4v) is 3.14. The molecule has 6 heteroatoms. The number of nitrogens with two attached hydrogens (primary N) is 1. The van der Waals surface area contributed by atoms with Gasteiger partial charge in [-0.1, -0.05) is 28.1 Å². The largest absolute Gasteiger partial charge is 0.399 e. The summed E-state index contributed by atoms with van der Waals surface area (Å²) in [6.45, 7) is 0. The number of nitrogen functional groups attached to an aromatic ring is 1. The van der Waals surface area contributed by atoms with Crippen LogP contribution in [-0.4, -0.2) is 20.0 Å². The van der Waals surface area contributed by atoms with E-state index in [1.165, 1.54) is 24.3 Å². The lowest BCUT2D eigenvalue weighted by atomic mass is 10.2. The van der Waals surface area contributed by atoms with Crippen LogP contribution in [0, 0.1) is 0 Å². The van der Waals surface area contributed by atoms with Gasteiger partial charge in [0, 0.05) is 15.7 Å². The van der Waals surface area contributed by atoms with Crippen LogP contribution in [0.1, 0.15) is 10.4 Å². The second kappa shape index (κ2) is 5.76. The lowest BCUT2D eigenvalue weighted by Gasteiger charge is -2.05. The molecule has 4 nitrogen and oxygen atoms in total. The molecule has 0 radical (unpaired) electrons. The van der Waals surface area contributed by atoms with Crippen molar-refractivity contribution in [2.75, 3.05) is 11.5 Å². The van der Waals surface area contributed by atoms with Crippen LogP contribution in [0.25, 0.3) is 0 Å². The molecule has 0 atom stereocenters. The van der Waals surface area contributed by atoms with Crippen LogP contribution < -0.4 is 5.73 Å². The van der Waals surface area contributed by atoms with Crippen molar-refractivity contribution in [2.45, 2.75) is 4.90 Å². The Kier molecular flexibility index (Phi) is 4.25. The zero-order chi connectivity index (χ0) is 14.8. The van der Waals surface area contributed by atoms with E-state index >= 15 is 0 Å². The lowest BCUT2D eigenvalue weighted by molar-refractivity contribution is 0.102. The summed E-state index contributed by atoms with van der Waals surface area (Å²) < 4.78 is 25.1. The number of anilines is 1. The van der Waals surface area contributed by atoms with Crippen molar-refractivity contribution in [1.82, 2.24) is 0 Å². The summed E-state index contributed by atoms with van der Waals surface area (Å²) in [5.74, 6) is -0.993. The van der Waals surface area contributed by atoms with Gasteiger partial charge in [0.2, 0.25) is 0 Å². The zero-order valence-corrected chi connectivity index (χ0v) is 12.8. The van der Waals surface area contributed by atoms with Crippen molar-refractivity contribution >= 4 is 37.2 Å². The van der Waals surface area contributed by atoms with E-state index in [1.54, 1.807) is 24.3 Å². The van der Waals surface area contributed by atoms with Gasteiger partial charge in [0.1, 0.15) is 5.75 Å². The highest BCUT2D eigenvalue weighted by Crippen LogP contribution is 2.16. The molecular formula is C14H12BrNO3S. The Morgan fingerprint density at radius 2 is 1.55 bits per heavy atom. The monoisotopic (exact) mass is 353 g/mol. The van der Waals surface area contributed by atoms with Crippen LogP contribution >= 0.6 is 15.9 Å². The van der Waals surface area contributed by atoms with Gasteiger partial charge in [-0.25, -0.2) is 8.42 Å². The Hall–Kier alpha value is -1.66. The second-order valence-corrected chi connectivity index (χ2v) is 7.16. The Morgan fingerprint density at radius 1 is 1.00 bits per heavy atom. The predicted molar refractivity (Wildman–Crippen MR) is 81.4 cm³/mol. The van der Waals surface area contributed by atoms with Crippen LogP contribution in [0.5, 0.6) is 0 Å². The molecule has 0 aliphatic heterocycles. The van der Waals surface area contributed by atoms with Crippen molar-refractivity contribution < 1.29 is 13.2 Å². The minimum atomic E-state index is -3.65. The van der Waals surface area contributed by atoms with Gasteiger partial charge in [0.05, 0.1) is 4.90 Å². The Morgan fingerprint density at radius 3 is 2.10 bits per heavy atom. The average Bonchev–Trinajstić information content (AvgIpc) is 2.39. The molecular weight excluding hydrogens is 342 g/mol. The fourth-order valence-electron chi connectivity index (χ4n) is 1.65.